The van der Waals surface area contributed by atoms with E-state index in [1.807, 2.05) is 24.3 Å². The highest BCUT2D eigenvalue weighted by molar-refractivity contribution is 9.10. The molecule has 1 atom stereocenters. The second-order valence-electron chi connectivity index (χ2n) is 5.30. The summed E-state index contributed by atoms with van der Waals surface area (Å²) < 4.78 is 0.800. The van der Waals surface area contributed by atoms with Crippen LogP contribution in [-0.2, 0) is 9.59 Å². The first kappa shape index (κ1) is 16.2. The number of carboxylic acid groups (broad SMARTS) is 1. The van der Waals surface area contributed by atoms with E-state index in [0.717, 1.165) is 15.1 Å². The van der Waals surface area contributed by atoms with E-state index in [1.165, 1.54) is 24.3 Å². The zero-order valence-electron chi connectivity index (χ0n) is 12.4. The number of nitrogens with one attached hydrogen (secondary N) is 1. The standard InChI is InChI=1S/C17H13BrN2O4/c18-12-3-1-2-4-13(12)19-14-9-15(21)20(16(14)22)11-7-5-10(6-8-11)17(23)24/h1-8,14,19H,9H2,(H,23,24). The molecule has 0 radical (unpaired) electrons. The van der Waals surface area contributed by atoms with E-state index in [9.17, 15) is 14.4 Å². The van der Waals surface area contributed by atoms with E-state index < -0.39 is 12.0 Å². The Morgan fingerprint density at radius 2 is 1.79 bits per heavy atom. The van der Waals surface area contributed by atoms with Crippen molar-refractivity contribution in [1.82, 2.24) is 0 Å². The van der Waals surface area contributed by atoms with Gasteiger partial charge in [-0.15, -0.1) is 0 Å². The van der Waals surface area contributed by atoms with E-state index in [4.69, 9.17) is 5.11 Å². The van der Waals surface area contributed by atoms with Crippen molar-refractivity contribution in [2.75, 3.05) is 10.2 Å². The molecule has 7 heteroatoms. The number of para-hydroxylation sites is 1. The highest BCUT2D eigenvalue weighted by Gasteiger charge is 2.39. The first-order valence-electron chi connectivity index (χ1n) is 7.18. The van der Waals surface area contributed by atoms with Crippen LogP contribution in [0.2, 0.25) is 0 Å². The minimum Gasteiger partial charge on any atom is -0.478 e. The molecular formula is C17H13BrN2O4. The number of benzene rings is 2. The average Bonchev–Trinajstić information content (AvgIpc) is 2.84. The molecule has 2 N–H and O–H groups in total. The monoisotopic (exact) mass is 388 g/mol. The molecule has 1 aliphatic heterocycles. The number of rotatable bonds is 4. The number of carboxylic acids is 1. The Labute approximate surface area is 146 Å². The number of hydrogen-bond acceptors (Lipinski definition) is 4. The van der Waals surface area contributed by atoms with Gasteiger partial charge in [0.25, 0.3) is 5.91 Å². The maximum atomic E-state index is 12.6. The summed E-state index contributed by atoms with van der Waals surface area (Å²) in [4.78, 5) is 36.8. The Hall–Kier alpha value is -2.67. The Kier molecular flexibility index (Phi) is 4.35. The van der Waals surface area contributed by atoms with E-state index in [2.05, 4.69) is 21.2 Å². The fourth-order valence-corrected chi connectivity index (χ4v) is 2.93. The first-order chi connectivity index (χ1) is 11.5. The van der Waals surface area contributed by atoms with Crippen LogP contribution in [-0.4, -0.2) is 28.9 Å². The number of carbonyl (C=O) groups is 3. The van der Waals surface area contributed by atoms with Gasteiger partial charge in [-0.3, -0.25) is 9.59 Å². The normalized spacial score (nSPS) is 17.2. The molecule has 1 heterocycles. The van der Waals surface area contributed by atoms with Crippen LogP contribution in [0.4, 0.5) is 11.4 Å². The molecule has 2 aromatic rings. The molecule has 1 unspecified atom stereocenters. The lowest BCUT2D eigenvalue weighted by Crippen LogP contribution is -2.34. The SMILES string of the molecule is O=C(O)c1ccc(N2C(=O)CC(Nc3ccccc3Br)C2=O)cc1. The summed E-state index contributed by atoms with van der Waals surface area (Å²) in [7, 11) is 0. The second-order valence-corrected chi connectivity index (χ2v) is 6.15. The maximum absolute atomic E-state index is 12.6. The van der Waals surface area contributed by atoms with Crippen molar-refractivity contribution < 1.29 is 19.5 Å². The number of nitrogens with zero attached hydrogens (tertiary/aromatic N) is 1. The lowest BCUT2D eigenvalue weighted by atomic mass is 10.2. The highest BCUT2D eigenvalue weighted by atomic mass is 79.9. The van der Waals surface area contributed by atoms with Crippen molar-refractivity contribution >= 4 is 45.1 Å². The van der Waals surface area contributed by atoms with Gasteiger partial charge in [0.1, 0.15) is 6.04 Å². The topological polar surface area (TPSA) is 86.7 Å². The van der Waals surface area contributed by atoms with Gasteiger partial charge in [0.05, 0.1) is 17.7 Å². The van der Waals surface area contributed by atoms with Crippen molar-refractivity contribution in [3.8, 4) is 0 Å². The number of halogens is 1. The van der Waals surface area contributed by atoms with Gasteiger partial charge in [-0.2, -0.15) is 0 Å². The molecule has 1 fully saturated rings. The molecule has 122 valence electrons. The van der Waals surface area contributed by atoms with E-state index >= 15 is 0 Å². The second kappa shape index (κ2) is 6.45. The third kappa shape index (κ3) is 3.03. The smallest absolute Gasteiger partial charge is 0.335 e. The summed E-state index contributed by atoms with van der Waals surface area (Å²) in [6, 6.07) is 12.3. The molecular weight excluding hydrogens is 376 g/mol. The van der Waals surface area contributed by atoms with Crippen molar-refractivity contribution in [2.45, 2.75) is 12.5 Å². The predicted molar refractivity (Wildman–Crippen MR) is 92.1 cm³/mol. The summed E-state index contributed by atoms with van der Waals surface area (Å²) in [5, 5.41) is 12.0. The van der Waals surface area contributed by atoms with E-state index in [0.29, 0.717) is 5.69 Å². The van der Waals surface area contributed by atoms with Crippen LogP contribution >= 0.6 is 15.9 Å². The fraction of sp³-hybridized carbons (Fsp3) is 0.118. The first-order valence-corrected chi connectivity index (χ1v) is 7.98. The van der Waals surface area contributed by atoms with Gasteiger partial charge in [-0.1, -0.05) is 12.1 Å². The molecule has 0 aliphatic carbocycles. The number of aromatic carboxylic acids is 1. The number of amides is 2. The van der Waals surface area contributed by atoms with Crippen LogP contribution in [0.3, 0.4) is 0 Å². The largest absolute Gasteiger partial charge is 0.478 e. The van der Waals surface area contributed by atoms with Crippen LogP contribution in [0.5, 0.6) is 0 Å². The molecule has 1 aliphatic rings. The Morgan fingerprint density at radius 3 is 2.42 bits per heavy atom. The summed E-state index contributed by atoms with van der Waals surface area (Å²) in [6.07, 6.45) is 0.0425. The summed E-state index contributed by atoms with van der Waals surface area (Å²) >= 11 is 3.39. The van der Waals surface area contributed by atoms with Crippen molar-refractivity contribution in [3.05, 3.63) is 58.6 Å². The van der Waals surface area contributed by atoms with Crippen molar-refractivity contribution in [3.63, 3.8) is 0 Å². The predicted octanol–water partition coefficient (Wildman–Crippen LogP) is 2.89. The van der Waals surface area contributed by atoms with Gasteiger partial charge in [0, 0.05) is 10.2 Å². The van der Waals surface area contributed by atoms with Gasteiger partial charge in [0.2, 0.25) is 5.91 Å². The molecule has 6 nitrogen and oxygen atoms in total. The summed E-state index contributed by atoms with van der Waals surface area (Å²) in [5.74, 6) is -1.75. The quantitative estimate of drug-likeness (QED) is 0.786. The van der Waals surface area contributed by atoms with E-state index in [1.54, 1.807) is 0 Å². The van der Waals surface area contributed by atoms with Gasteiger partial charge in [0.15, 0.2) is 0 Å². The molecule has 0 aromatic heterocycles. The van der Waals surface area contributed by atoms with Crippen molar-refractivity contribution in [2.24, 2.45) is 0 Å². The zero-order chi connectivity index (χ0) is 17.3. The lowest BCUT2D eigenvalue weighted by molar-refractivity contribution is -0.121. The Morgan fingerprint density at radius 1 is 1.12 bits per heavy atom. The highest BCUT2D eigenvalue weighted by Crippen LogP contribution is 2.28. The van der Waals surface area contributed by atoms with Gasteiger partial charge in [-0.25, -0.2) is 9.69 Å². The van der Waals surface area contributed by atoms with Gasteiger partial charge >= 0.3 is 5.97 Å². The van der Waals surface area contributed by atoms with Crippen LogP contribution < -0.4 is 10.2 Å². The number of imide groups is 1. The van der Waals surface area contributed by atoms with Crippen LogP contribution in [0.25, 0.3) is 0 Å². The van der Waals surface area contributed by atoms with Gasteiger partial charge in [-0.05, 0) is 52.3 Å². The molecule has 2 amide bonds. The summed E-state index contributed by atoms with van der Waals surface area (Å²) in [6.45, 7) is 0. The number of anilines is 2. The molecule has 3 rings (SSSR count). The third-order valence-electron chi connectivity index (χ3n) is 3.72. The molecule has 0 spiro atoms. The number of hydrogen-bond donors (Lipinski definition) is 2. The Balaban J connectivity index is 1.81. The maximum Gasteiger partial charge on any atom is 0.335 e. The molecule has 24 heavy (non-hydrogen) atoms. The Bertz CT molecular complexity index is 820. The molecule has 1 saturated heterocycles. The molecule has 2 aromatic carbocycles. The number of carbonyl (C=O) groups excluding carboxylic acids is 2. The minimum atomic E-state index is -1.06. The van der Waals surface area contributed by atoms with Crippen LogP contribution in [0.1, 0.15) is 16.8 Å². The van der Waals surface area contributed by atoms with Gasteiger partial charge < -0.3 is 10.4 Å². The average molecular weight is 389 g/mol. The lowest BCUT2D eigenvalue weighted by Gasteiger charge is -2.16. The zero-order valence-corrected chi connectivity index (χ0v) is 14.0. The molecule has 0 bridgehead atoms. The fourth-order valence-electron chi connectivity index (χ4n) is 2.54. The van der Waals surface area contributed by atoms with Crippen LogP contribution in [0.15, 0.2) is 53.0 Å². The van der Waals surface area contributed by atoms with E-state index in [-0.39, 0.29) is 23.8 Å². The van der Waals surface area contributed by atoms with Crippen molar-refractivity contribution in [1.29, 1.82) is 0 Å². The third-order valence-corrected chi connectivity index (χ3v) is 4.41. The summed E-state index contributed by atoms with van der Waals surface area (Å²) in [5.41, 5.74) is 1.19. The minimum absolute atomic E-state index is 0.0425. The van der Waals surface area contributed by atoms with Crippen LogP contribution in [0, 0.1) is 0 Å². The molecule has 0 saturated carbocycles.